The summed E-state index contributed by atoms with van der Waals surface area (Å²) in [6.45, 7) is 0. The molecule has 0 unspecified atom stereocenters. The van der Waals surface area contributed by atoms with Crippen LogP contribution in [0.15, 0.2) is 51.4 Å². The number of fused-ring (bicyclic) bond motifs is 1. The van der Waals surface area contributed by atoms with Crippen LogP contribution in [0.4, 0.5) is 5.82 Å². The minimum Gasteiger partial charge on any atom is -0.307 e. The molecule has 6 nitrogen and oxygen atoms in total. The molecule has 3 rings (SSSR count). The number of hydrogen-bond donors (Lipinski definition) is 2. The summed E-state index contributed by atoms with van der Waals surface area (Å²) in [6.07, 6.45) is 2.99. The Morgan fingerprint density at radius 2 is 1.75 bits per heavy atom. The molecule has 0 saturated carbocycles. The molecule has 1 aromatic carbocycles. The van der Waals surface area contributed by atoms with Crippen molar-refractivity contribution in [3.63, 3.8) is 0 Å². The van der Waals surface area contributed by atoms with Crippen LogP contribution in [-0.2, 0) is 0 Å². The van der Waals surface area contributed by atoms with E-state index in [2.05, 4.69) is 41.3 Å². The van der Waals surface area contributed by atoms with Gasteiger partial charge in [0.1, 0.15) is 22.7 Å². The highest BCUT2D eigenvalue weighted by Gasteiger charge is 2.12. The Balaban J connectivity index is 2.06. The fourth-order valence-corrected chi connectivity index (χ4v) is 3.09. The van der Waals surface area contributed by atoms with Crippen molar-refractivity contribution >= 4 is 44.4 Å². The molecule has 3 aromatic rings. The summed E-state index contributed by atoms with van der Waals surface area (Å²) in [5.74, 6) is 5.93. The predicted octanol–water partition coefficient (Wildman–Crippen LogP) is 2.62. The molecular weight excluding hydrogens is 340 g/mol. The summed E-state index contributed by atoms with van der Waals surface area (Å²) in [5, 5.41) is 2.54. The Bertz CT molecular complexity index is 761. The van der Waals surface area contributed by atoms with Gasteiger partial charge in [-0.25, -0.2) is 25.8 Å². The van der Waals surface area contributed by atoms with Crippen molar-refractivity contribution in [2.75, 3.05) is 5.43 Å². The standard InChI is InChI=1S/C12H9BrN6S/c13-9-10(19-14)16-6-18-12(9)20-11-7-3-1-2-4-8(7)15-5-17-11/h1-6H,14H2,(H,16,18,19). The van der Waals surface area contributed by atoms with E-state index in [1.165, 1.54) is 18.1 Å². The van der Waals surface area contributed by atoms with Crippen LogP contribution in [0.25, 0.3) is 10.9 Å². The van der Waals surface area contributed by atoms with Gasteiger partial charge in [-0.1, -0.05) is 18.2 Å². The number of nitrogens with two attached hydrogens (primary N) is 1. The fraction of sp³-hybridized carbons (Fsp3) is 0. The Morgan fingerprint density at radius 1 is 1.00 bits per heavy atom. The summed E-state index contributed by atoms with van der Waals surface area (Å²) < 4.78 is 0.704. The number of nitrogens with zero attached hydrogens (tertiary/aromatic N) is 4. The first-order valence-electron chi connectivity index (χ1n) is 5.64. The smallest absolute Gasteiger partial charge is 0.158 e. The number of rotatable bonds is 3. The van der Waals surface area contributed by atoms with Crippen molar-refractivity contribution in [3.8, 4) is 0 Å². The first-order chi connectivity index (χ1) is 9.79. The highest BCUT2D eigenvalue weighted by Crippen LogP contribution is 2.35. The van der Waals surface area contributed by atoms with Crippen molar-refractivity contribution in [2.45, 2.75) is 10.1 Å². The van der Waals surface area contributed by atoms with Gasteiger partial charge in [0.2, 0.25) is 0 Å². The van der Waals surface area contributed by atoms with Crippen molar-refractivity contribution < 1.29 is 0 Å². The van der Waals surface area contributed by atoms with E-state index in [4.69, 9.17) is 5.84 Å². The molecule has 100 valence electrons. The van der Waals surface area contributed by atoms with Crippen LogP contribution in [0.2, 0.25) is 0 Å². The summed E-state index contributed by atoms with van der Waals surface area (Å²) >= 11 is 4.86. The average Bonchev–Trinajstić information content (AvgIpc) is 2.50. The van der Waals surface area contributed by atoms with Crippen LogP contribution in [0, 0.1) is 0 Å². The van der Waals surface area contributed by atoms with E-state index in [-0.39, 0.29) is 0 Å². The fourth-order valence-electron chi connectivity index (χ4n) is 1.68. The van der Waals surface area contributed by atoms with E-state index in [9.17, 15) is 0 Å². The first-order valence-corrected chi connectivity index (χ1v) is 7.25. The van der Waals surface area contributed by atoms with E-state index in [1.54, 1.807) is 6.33 Å². The second-order valence-electron chi connectivity index (χ2n) is 3.78. The molecule has 0 aliphatic heterocycles. The highest BCUT2D eigenvalue weighted by molar-refractivity contribution is 9.10. The third-order valence-corrected chi connectivity index (χ3v) is 4.63. The molecule has 0 radical (unpaired) electrons. The zero-order chi connectivity index (χ0) is 13.9. The van der Waals surface area contributed by atoms with Gasteiger partial charge in [0.25, 0.3) is 0 Å². The molecule has 0 atom stereocenters. The maximum atomic E-state index is 5.40. The number of benzene rings is 1. The van der Waals surface area contributed by atoms with Gasteiger partial charge in [0, 0.05) is 5.39 Å². The van der Waals surface area contributed by atoms with Gasteiger partial charge in [-0.05, 0) is 33.8 Å². The van der Waals surface area contributed by atoms with Crippen LogP contribution in [0.3, 0.4) is 0 Å². The lowest BCUT2D eigenvalue weighted by Gasteiger charge is -2.07. The number of para-hydroxylation sites is 1. The summed E-state index contributed by atoms with van der Waals surface area (Å²) in [5.41, 5.74) is 3.41. The lowest BCUT2D eigenvalue weighted by atomic mass is 10.2. The molecule has 2 aromatic heterocycles. The van der Waals surface area contributed by atoms with E-state index in [0.717, 1.165) is 21.0 Å². The zero-order valence-electron chi connectivity index (χ0n) is 10.1. The Kier molecular flexibility index (Phi) is 3.77. The predicted molar refractivity (Wildman–Crippen MR) is 81.2 cm³/mol. The molecule has 3 N–H and O–H groups in total. The third kappa shape index (κ3) is 2.45. The minimum atomic E-state index is 0.529. The van der Waals surface area contributed by atoms with E-state index in [0.29, 0.717) is 10.3 Å². The lowest BCUT2D eigenvalue weighted by molar-refractivity contribution is 1.01. The molecule has 0 spiro atoms. The normalized spacial score (nSPS) is 10.7. The van der Waals surface area contributed by atoms with Gasteiger partial charge in [0.05, 0.1) is 9.99 Å². The van der Waals surface area contributed by atoms with E-state index < -0.39 is 0 Å². The maximum absolute atomic E-state index is 5.40. The van der Waals surface area contributed by atoms with Gasteiger partial charge in [-0.2, -0.15) is 0 Å². The molecule has 2 heterocycles. The number of nitrogen functional groups attached to an aromatic ring is 1. The van der Waals surface area contributed by atoms with E-state index >= 15 is 0 Å². The first kappa shape index (κ1) is 13.2. The minimum absolute atomic E-state index is 0.529. The van der Waals surface area contributed by atoms with E-state index in [1.807, 2.05) is 24.3 Å². The quantitative estimate of drug-likeness (QED) is 0.427. The lowest BCUT2D eigenvalue weighted by Crippen LogP contribution is -2.09. The molecular formula is C12H9BrN6S. The third-order valence-electron chi connectivity index (χ3n) is 2.59. The summed E-state index contributed by atoms with van der Waals surface area (Å²) in [4.78, 5) is 16.8. The Morgan fingerprint density at radius 3 is 2.60 bits per heavy atom. The largest absolute Gasteiger partial charge is 0.307 e. The number of hydrogen-bond acceptors (Lipinski definition) is 7. The molecule has 0 fully saturated rings. The highest BCUT2D eigenvalue weighted by atomic mass is 79.9. The van der Waals surface area contributed by atoms with Crippen LogP contribution in [0.1, 0.15) is 0 Å². The SMILES string of the molecule is NNc1ncnc(Sc2ncnc3ccccc23)c1Br. The van der Waals surface area contributed by atoms with Gasteiger partial charge in [0.15, 0.2) is 5.82 Å². The van der Waals surface area contributed by atoms with Crippen LogP contribution in [0.5, 0.6) is 0 Å². The summed E-state index contributed by atoms with van der Waals surface area (Å²) in [7, 11) is 0. The molecule has 0 aliphatic rings. The second kappa shape index (κ2) is 5.70. The molecule has 0 bridgehead atoms. The topological polar surface area (TPSA) is 89.6 Å². The number of halogens is 1. The number of hydrazine groups is 1. The number of anilines is 1. The van der Waals surface area contributed by atoms with Crippen LogP contribution < -0.4 is 11.3 Å². The molecule has 0 aliphatic carbocycles. The average molecular weight is 349 g/mol. The molecule has 0 amide bonds. The van der Waals surface area contributed by atoms with Crippen molar-refractivity contribution in [1.82, 2.24) is 19.9 Å². The molecule has 20 heavy (non-hydrogen) atoms. The van der Waals surface area contributed by atoms with Crippen molar-refractivity contribution in [2.24, 2.45) is 5.84 Å². The van der Waals surface area contributed by atoms with Crippen molar-refractivity contribution in [1.29, 1.82) is 0 Å². The number of nitrogens with one attached hydrogen (secondary N) is 1. The second-order valence-corrected chi connectivity index (χ2v) is 5.55. The van der Waals surface area contributed by atoms with Crippen LogP contribution in [-0.4, -0.2) is 19.9 Å². The van der Waals surface area contributed by atoms with Gasteiger partial charge >= 0.3 is 0 Å². The Hall–Kier alpha value is -1.77. The van der Waals surface area contributed by atoms with Crippen molar-refractivity contribution in [3.05, 3.63) is 41.4 Å². The molecule has 0 saturated heterocycles. The molecule has 8 heteroatoms. The Labute approximate surface area is 127 Å². The number of aromatic nitrogens is 4. The van der Waals surface area contributed by atoms with Gasteiger partial charge < -0.3 is 5.43 Å². The monoisotopic (exact) mass is 348 g/mol. The zero-order valence-corrected chi connectivity index (χ0v) is 12.5. The van der Waals surface area contributed by atoms with Crippen LogP contribution >= 0.6 is 27.7 Å². The summed E-state index contributed by atoms with van der Waals surface area (Å²) in [6, 6.07) is 7.83. The van der Waals surface area contributed by atoms with Gasteiger partial charge in [-0.15, -0.1) is 0 Å². The maximum Gasteiger partial charge on any atom is 0.158 e. The van der Waals surface area contributed by atoms with Gasteiger partial charge in [-0.3, -0.25) is 0 Å².